The first-order valence-electron chi connectivity index (χ1n) is 9.04. The molecule has 1 aromatic carbocycles. The predicted molar refractivity (Wildman–Crippen MR) is 111 cm³/mol. The lowest BCUT2D eigenvalue weighted by atomic mass is 10.1. The molecule has 0 bridgehead atoms. The van der Waals surface area contributed by atoms with Gasteiger partial charge in [-0.05, 0) is 38.3 Å². The highest BCUT2D eigenvalue weighted by Crippen LogP contribution is 2.21. The van der Waals surface area contributed by atoms with Gasteiger partial charge >= 0.3 is 0 Å². The second kappa shape index (κ2) is 8.36. The van der Waals surface area contributed by atoms with Gasteiger partial charge in [0.1, 0.15) is 0 Å². The summed E-state index contributed by atoms with van der Waals surface area (Å²) in [6.07, 6.45) is 3.03. The number of fused-ring (bicyclic) bond motifs is 1. The van der Waals surface area contributed by atoms with Gasteiger partial charge in [-0.15, -0.1) is 11.3 Å². The molecular formula is C20H27N5S. The molecule has 138 valence electrons. The van der Waals surface area contributed by atoms with E-state index in [9.17, 15) is 0 Å². The SMILES string of the molecule is CCNC(=NCCc1c[nH]c2c(C)cccc12)N(C)Cc1csc(C)n1. The average molecular weight is 370 g/mol. The number of para-hydroxylation sites is 1. The standard InChI is InChI=1S/C20H27N5S/c1-5-21-20(25(4)12-17-13-26-15(3)24-17)22-10-9-16-11-23-19-14(2)7-6-8-18(16)19/h6-8,11,13,23H,5,9-10,12H2,1-4H3,(H,21,22). The van der Waals surface area contributed by atoms with Gasteiger partial charge in [-0.1, -0.05) is 18.2 Å². The summed E-state index contributed by atoms with van der Waals surface area (Å²) in [6.45, 7) is 8.64. The molecule has 0 radical (unpaired) electrons. The van der Waals surface area contributed by atoms with Crippen molar-refractivity contribution >= 4 is 28.2 Å². The molecule has 3 aromatic rings. The molecule has 5 nitrogen and oxygen atoms in total. The Bertz CT molecular complexity index is 893. The average Bonchev–Trinajstić information content (AvgIpc) is 3.21. The van der Waals surface area contributed by atoms with Crippen LogP contribution in [0.25, 0.3) is 10.9 Å². The zero-order valence-corrected chi connectivity index (χ0v) is 16.8. The first kappa shape index (κ1) is 18.5. The number of aryl methyl sites for hydroxylation is 2. The van der Waals surface area contributed by atoms with Crippen LogP contribution in [-0.4, -0.2) is 41.0 Å². The number of H-pyrrole nitrogens is 1. The predicted octanol–water partition coefficient (Wildman–Crippen LogP) is 3.88. The van der Waals surface area contributed by atoms with Crippen LogP contribution in [0.2, 0.25) is 0 Å². The molecule has 0 atom stereocenters. The third kappa shape index (κ3) is 4.25. The largest absolute Gasteiger partial charge is 0.361 e. The lowest BCUT2D eigenvalue weighted by molar-refractivity contribution is 0.471. The minimum atomic E-state index is 0.754. The number of guanidine groups is 1. The van der Waals surface area contributed by atoms with E-state index < -0.39 is 0 Å². The van der Waals surface area contributed by atoms with Crippen molar-refractivity contribution in [2.75, 3.05) is 20.1 Å². The monoisotopic (exact) mass is 369 g/mol. The van der Waals surface area contributed by atoms with Gasteiger partial charge in [-0.25, -0.2) is 4.98 Å². The number of thiazole rings is 1. The maximum Gasteiger partial charge on any atom is 0.194 e. The number of rotatable bonds is 6. The minimum absolute atomic E-state index is 0.754. The summed E-state index contributed by atoms with van der Waals surface area (Å²) in [5.74, 6) is 0.925. The van der Waals surface area contributed by atoms with E-state index in [-0.39, 0.29) is 0 Å². The third-order valence-electron chi connectivity index (χ3n) is 4.41. The Hall–Kier alpha value is -2.34. The Morgan fingerprint density at radius 3 is 2.92 bits per heavy atom. The molecule has 0 saturated heterocycles. The van der Waals surface area contributed by atoms with Crippen LogP contribution in [0.5, 0.6) is 0 Å². The fraction of sp³-hybridized carbons (Fsp3) is 0.400. The maximum atomic E-state index is 4.81. The summed E-state index contributed by atoms with van der Waals surface area (Å²) in [5.41, 5.74) is 4.92. The summed E-state index contributed by atoms with van der Waals surface area (Å²) in [6, 6.07) is 6.44. The van der Waals surface area contributed by atoms with Crippen LogP contribution in [0, 0.1) is 13.8 Å². The van der Waals surface area contributed by atoms with Gasteiger partial charge in [0, 0.05) is 42.6 Å². The van der Waals surface area contributed by atoms with E-state index in [1.165, 1.54) is 22.0 Å². The fourth-order valence-corrected chi connectivity index (χ4v) is 3.73. The van der Waals surface area contributed by atoms with Crippen molar-refractivity contribution in [3.63, 3.8) is 0 Å². The molecule has 2 N–H and O–H groups in total. The van der Waals surface area contributed by atoms with Crippen LogP contribution in [0.3, 0.4) is 0 Å². The molecule has 0 unspecified atom stereocenters. The number of nitrogens with zero attached hydrogens (tertiary/aromatic N) is 3. The molecule has 26 heavy (non-hydrogen) atoms. The van der Waals surface area contributed by atoms with Crippen molar-refractivity contribution in [3.8, 4) is 0 Å². The Balaban J connectivity index is 1.67. The van der Waals surface area contributed by atoms with Crippen LogP contribution < -0.4 is 5.32 Å². The van der Waals surface area contributed by atoms with Crippen LogP contribution in [0.4, 0.5) is 0 Å². The number of nitrogens with one attached hydrogen (secondary N) is 2. The molecule has 2 aromatic heterocycles. The Morgan fingerprint density at radius 1 is 1.35 bits per heavy atom. The third-order valence-corrected chi connectivity index (χ3v) is 5.24. The second-order valence-electron chi connectivity index (χ2n) is 6.51. The maximum absolute atomic E-state index is 4.81. The van der Waals surface area contributed by atoms with Gasteiger partial charge < -0.3 is 15.2 Å². The molecule has 0 aliphatic heterocycles. The summed E-state index contributed by atoms with van der Waals surface area (Å²) in [4.78, 5) is 14.9. The highest BCUT2D eigenvalue weighted by atomic mass is 32.1. The molecule has 0 amide bonds. The molecule has 2 heterocycles. The van der Waals surface area contributed by atoms with E-state index in [0.29, 0.717) is 0 Å². The van der Waals surface area contributed by atoms with E-state index >= 15 is 0 Å². The van der Waals surface area contributed by atoms with Crippen LogP contribution in [0.15, 0.2) is 34.8 Å². The molecule has 0 fully saturated rings. The van der Waals surface area contributed by atoms with Crippen molar-refractivity contribution < 1.29 is 0 Å². The molecule has 0 saturated carbocycles. The highest BCUT2D eigenvalue weighted by Gasteiger charge is 2.09. The molecule has 0 spiro atoms. The van der Waals surface area contributed by atoms with E-state index in [0.717, 1.165) is 42.7 Å². The minimum Gasteiger partial charge on any atom is -0.361 e. The fourth-order valence-electron chi connectivity index (χ4n) is 3.12. The van der Waals surface area contributed by atoms with E-state index in [1.54, 1.807) is 11.3 Å². The van der Waals surface area contributed by atoms with Crippen LogP contribution >= 0.6 is 11.3 Å². The summed E-state index contributed by atoms with van der Waals surface area (Å²) >= 11 is 1.69. The first-order valence-corrected chi connectivity index (χ1v) is 9.92. The topological polar surface area (TPSA) is 56.3 Å². The lowest BCUT2D eigenvalue weighted by Crippen LogP contribution is -2.38. The van der Waals surface area contributed by atoms with Crippen molar-refractivity contribution in [2.45, 2.75) is 33.7 Å². The molecular weight excluding hydrogens is 342 g/mol. The Labute approximate surface area is 159 Å². The summed E-state index contributed by atoms with van der Waals surface area (Å²) in [5, 5.41) is 7.90. The zero-order chi connectivity index (χ0) is 18.5. The molecule has 0 aliphatic rings. The molecule has 3 rings (SSSR count). The highest BCUT2D eigenvalue weighted by molar-refractivity contribution is 7.09. The Kier molecular flexibility index (Phi) is 5.93. The number of hydrogen-bond donors (Lipinski definition) is 2. The smallest absolute Gasteiger partial charge is 0.194 e. The van der Waals surface area contributed by atoms with Crippen molar-refractivity contribution in [1.82, 2.24) is 20.2 Å². The van der Waals surface area contributed by atoms with Gasteiger partial charge in [-0.3, -0.25) is 4.99 Å². The zero-order valence-electron chi connectivity index (χ0n) is 16.0. The summed E-state index contributed by atoms with van der Waals surface area (Å²) < 4.78 is 0. The number of aromatic nitrogens is 2. The second-order valence-corrected chi connectivity index (χ2v) is 7.57. The number of hydrogen-bond acceptors (Lipinski definition) is 3. The molecule has 0 aliphatic carbocycles. The summed E-state index contributed by atoms with van der Waals surface area (Å²) in [7, 11) is 2.06. The van der Waals surface area contributed by atoms with Gasteiger partial charge in [0.15, 0.2) is 5.96 Å². The van der Waals surface area contributed by atoms with E-state index in [1.807, 2.05) is 6.92 Å². The van der Waals surface area contributed by atoms with E-state index in [2.05, 4.69) is 70.9 Å². The first-order chi connectivity index (χ1) is 12.6. The van der Waals surface area contributed by atoms with Gasteiger partial charge in [0.2, 0.25) is 0 Å². The van der Waals surface area contributed by atoms with Crippen molar-refractivity contribution in [2.24, 2.45) is 4.99 Å². The van der Waals surface area contributed by atoms with Crippen LogP contribution in [0.1, 0.15) is 28.8 Å². The van der Waals surface area contributed by atoms with E-state index in [4.69, 9.17) is 4.99 Å². The number of aliphatic imine (C=N–C) groups is 1. The van der Waals surface area contributed by atoms with Crippen LogP contribution in [-0.2, 0) is 13.0 Å². The number of aromatic amines is 1. The number of benzene rings is 1. The van der Waals surface area contributed by atoms with Crippen molar-refractivity contribution in [1.29, 1.82) is 0 Å². The van der Waals surface area contributed by atoms with Gasteiger partial charge in [-0.2, -0.15) is 0 Å². The quantitative estimate of drug-likeness (QED) is 0.512. The van der Waals surface area contributed by atoms with Gasteiger partial charge in [0.05, 0.1) is 17.2 Å². The normalized spacial score (nSPS) is 11.9. The lowest BCUT2D eigenvalue weighted by Gasteiger charge is -2.21. The Morgan fingerprint density at radius 2 is 2.19 bits per heavy atom. The van der Waals surface area contributed by atoms with Crippen molar-refractivity contribution in [3.05, 3.63) is 51.6 Å². The van der Waals surface area contributed by atoms with Gasteiger partial charge in [0.25, 0.3) is 0 Å². The molecule has 6 heteroatoms.